The van der Waals surface area contributed by atoms with E-state index in [4.69, 9.17) is 10.2 Å². The van der Waals surface area contributed by atoms with Crippen molar-refractivity contribution >= 4 is 12.4 Å². The van der Waals surface area contributed by atoms with Crippen molar-refractivity contribution in [3.8, 4) is 0 Å². The molecule has 1 aromatic heterocycles. The number of alkyl halides is 3. The lowest BCUT2D eigenvalue weighted by Crippen LogP contribution is -2.15. The van der Waals surface area contributed by atoms with Crippen LogP contribution in [0.15, 0.2) is 16.5 Å². The molecule has 1 heterocycles. The van der Waals surface area contributed by atoms with Gasteiger partial charge < -0.3 is 10.2 Å². The summed E-state index contributed by atoms with van der Waals surface area (Å²) in [6.45, 7) is 1.91. The Labute approximate surface area is 98.4 Å². The SMILES string of the molecule is CCc1ccc([C@@H](N)CCC(F)(F)F)o1.Cl. The lowest BCUT2D eigenvalue weighted by Gasteiger charge is -2.10. The molecule has 0 aliphatic heterocycles. The Hall–Kier alpha value is -0.680. The molecule has 2 N–H and O–H groups in total. The Balaban J connectivity index is 0.00000225. The molecule has 0 aromatic carbocycles. The monoisotopic (exact) mass is 257 g/mol. The lowest BCUT2D eigenvalue weighted by molar-refractivity contribution is -0.136. The van der Waals surface area contributed by atoms with Gasteiger partial charge >= 0.3 is 6.18 Å². The minimum atomic E-state index is -4.15. The number of nitrogens with two attached hydrogens (primary N) is 1. The van der Waals surface area contributed by atoms with Gasteiger partial charge in [-0.25, -0.2) is 0 Å². The van der Waals surface area contributed by atoms with E-state index in [0.717, 1.165) is 5.76 Å². The number of furan rings is 1. The Morgan fingerprint density at radius 2 is 2.00 bits per heavy atom. The van der Waals surface area contributed by atoms with Gasteiger partial charge in [-0.05, 0) is 18.6 Å². The fourth-order valence-corrected chi connectivity index (χ4v) is 1.25. The smallest absolute Gasteiger partial charge is 0.389 e. The van der Waals surface area contributed by atoms with Gasteiger partial charge in [0.15, 0.2) is 0 Å². The van der Waals surface area contributed by atoms with Crippen molar-refractivity contribution in [2.24, 2.45) is 5.73 Å². The van der Waals surface area contributed by atoms with Gasteiger partial charge in [0.05, 0.1) is 6.04 Å². The molecule has 0 aliphatic carbocycles. The molecule has 1 aromatic rings. The van der Waals surface area contributed by atoms with E-state index >= 15 is 0 Å². The Morgan fingerprint density at radius 3 is 2.44 bits per heavy atom. The highest BCUT2D eigenvalue weighted by molar-refractivity contribution is 5.85. The average Bonchev–Trinajstić information content (AvgIpc) is 2.61. The number of halogens is 4. The molecule has 0 spiro atoms. The third-order valence-corrected chi connectivity index (χ3v) is 2.14. The van der Waals surface area contributed by atoms with E-state index in [0.29, 0.717) is 12.2 Å². The fraction of sp³-hybridized carbons (Fsp3) is 0.600. The van der Waals surface area contributed by atoms with Crippen molar-refractivity contribution in [2.45, 2.75) is 38.4 Å². The normalized spacial score (nSPS) is 13.3. The maximum absolute atomic E-state index is 11.9. The maximum Gasteiger partial charge on any atom is 0.389 e. The van der Waals surface area contributed by atoms with E-state index < -0.39 is 18.6 Å². The van der Waals surface area contributed by atoms with Gasteiger partial charge in [-0.15, -0.1) is 12.4 Å². The van der Waals surface area contributed by atoms with Crippen molar-refractivity contribution in [1.82, 2.24) is 0 Å². The second-order valence-corrected chi connectivity index (χ2v) is 3.42. The van der Waals surface area contributed by atoms with Gasteiger partial charge in [0.1, 0.15) is 11.5 Å². The molecule has 0 saturated carbocycles. The van der Waals surface area contributed by atoms with Gasteiger partial charge in [0, 0.05) is 12.8 Å². The first kappa shape index (κ1) is 15.3. The fourth-order valence-electron chi connectivity index (χ4n) is 1.25. The van der Waals surface area contributed by atoms with E-state index in [1.807, 2.05) is 6.92 Å². The molecular formula is C10H15ClF3NO. The standard InChI is InChI=1S/C10H14F3NO.ClH/c1-2-7-3-4-9(15-7)8(14)5-6-10(11,12)13;/h3-4,8H,2,5-6,14H2,1H3;1H/t8-;/m0./s1. The molecule has 0 radical (unpaired) electrons. The molecule has 0 saturated heterocycles. The molecule has 2 nitrogen and oxygen atoms in total. The van der Waals surface area contributed by atoms with Gasteiger partial charge in [0.25, 0.3) is 0 Å². The van der Waals surface area contributed by atoms with Gasteiger partial charge in [0.2, 0.25) is 0 Å². The average molecular weight is 258 g/mol. The van der Waals surface area contributed by atoms with E-state index in [1.54, 1.807) is 12.1 Å². The van der Waals surface area contributed by atoms with Crippen molar-refractivity contribution in [3.05, 3.63) is 23.7 Å². The second kappa shape index (κ2) is 6.15. The number of hydrogen-bond donors (Lipinski definition) is 1. The highest BCUT2D eigenvalue weighted by Crippen LogP contribution is 2.27. The molecule has 0 bridgehead atoms. The van der Waals surface area contributed by atoms with Crippen LogP contribution in [0.2, 0.25) is 0 Å². The third-order valence-electron chi connectivity index (χ3n) is 2.14. The molecule has 0 unspecified atom stereocenters. The zero-order chi connectivity index (χ0) is 11.5. The first-order valence-electron chi connectivity index (χ1n) is 4.83. The van der Waals surface area contributed by atoms with Crippen LogP contribution in [0, 0.1) is 0 Å². The van der Waals surface area contributed by atoms with Crippen LogP contribution < -0.4 is 5.73 Å². The summed E-state index contributed by atoms with van der Waals surface area (Å²) in [6, 6.07) is 2.70. The lowest BCUT2D eigenvalue weighted by atomic mass is 10.1. The highest BCUT2D eigenvalue weighted by atomic mass is 35.5. The summed E-state index contributed by atoms with van der Waals surface area (Å²) in [4.78, 5) is 0. The Morgan fingerprint density at radius 1 is 1.38 bits per heavy atom. The molecule has 0 fully saturated rings. The number of rotatable bonds is 4. The summed E-state index contributed by atoms with van der Waals surface area (Å²) in [6.07, 6.45) is -4.46. The first-order chi connectivity index (χ1) is 6.92. The van der Waals surface area contributed by atoms with Crippen molar-refractivity contribution in [2.75, 3.05) is 0 Å². The molecule has 94 valence electrons. The highest BCUT2D eigenvalue weighted by Gasteiger charge is 2.28. The minimum absolute atomic E-state index is 0. The van der Waals surface area contributed by atoms with Gasteiger partial charge in [-0.3, -0.25) is 0 Å². The first-order valence-corrected chi connectivity index (χ1v) is 4.83. The topological polar surface area (TPSA) is 39.2 Å². The van der Waals surface area contributed by atoms with Crippen LogP contribution in [-0.4, -0.2) is 6.18 Å². The zero-order valence-corrected chi connectivity index (χ0v) is 9.70. The predicted octanol–water partition coefficient (Wildman–Crippen LogP) is 3.61. The van der Waals surface area contributed by atoms with Crippen LogP contribution in [0.25, 0.3) is 0 Å². The largest absolute Gasteiger partial charge is 0.464 e. The van der Waals surface area contributed by atoms with Gasteiger partial charge in [-0.2, -0.15) is 13.2 Å². The Kier molecular flexibility index (Phi) is 5.89. The van der Waals surface area contributed by atoms with E-state index in [1.165, 1.54) is 0 Å². The van der Waals surface area contributed by atoms with Crippen LogP contribution >= 0.6 is 12.4 Å². The third kappa shape index (κ3) is 4.90. The predicted molar refractivity (Wildman–Crippen MR) is 57.6 cm³/mol. The van der Waals surface area contributed by atoms with Crippen LogP contribution in [0.3, 0.4) is 0 Å². The molecule has 16 heavy (non-hydrogen) atoms. The van der Waals surface area contributed by atoms with Crippen LogP contribution in [-0.2, 0) is 6.42 Å². The summed E-state index contributed by atoms with van der Waals surface area (Å²) in [7, 11) is 0. The van der Waals surface area contributed by atoms with Crippen LogP contribution in [0.5, 0.6) is 0 Å². The minimum Gasteiger partial charge on any atom is -0.464 e. The zero-order valence-electron chi connectivity index (χ0n) is 8.88. The molecule has 0 aliphatic rings. The maximum atomic E-state index is 11.9. The van der Waals surface area contributed by atoms with Crippen molar-refractivity contribution in [3.63, 3.8) is 0 Å². The number of hydrogen-bond acceptors (Lipinski definition) is 2. The second-order valence-electron chi connectivity index (χ2n) is 3.42. The van der Waals surface area contributed by atoms with E-state index in [9.17, 15) is 13.2 Å². The Bertz CT molecular complexity index is 311. The van der Waals surface area contributed by atoms with Crippen LogP contribution in [0.1, 0.15) is 37.3 Å². The molecule has 1 atom stereocenters. The summed E-state index contributed by atoms with van der Waals surface area (Å²) >= 11 is 0. The summed E-state index contributed by atoms with van der Waals surface area (Å²) in [5.41, 5.74) is 5.58. The molecule has 1 rings (SSSR count). The quantitative estimate of drug-likeness (QED) is 0.895. The van der Waals surface area contributed by atoms with E-state index in [-0.39, 0.29) is 18.8 Å². The van der Waals surface area contributed by atoms with Crippen molar-refractivity contribution < 1.29 is 17.6 Å². The number of aryl methyl sites for hydroxylation is 1. The molecule has 6 heteroatoms. The van der Waals surface area contributed by atoms with Crippen LogP contribution in [0.4, 0.5) is 13.2 Å². The summed E-state index contributed by atoms with van der Waals surface area (Å²) < 4.78 is 41.0. The van der Waals surface area contributed by atoms with Gasteiger partial charge in [-0.1, -0.05) is 6.92 Å². The van der Waals surface area contributed by atoms with E-state index in [2.05, 4.69) is 0 Å². The summed E-state index contributed by atoms with van der Waals surface area (Å²) in [5, 5.41) is 0. The summed E-state index contributed by atoms with van der Waals surface area (Å²) in [5.74, 6) is 1.17. The molecular weight excluding hydrogens is 243 g/mol. The molecule has 0 amide bonds. The van der Waals surface area contributed by atoms with Crippen molar-refractivity contribution in [1.29, 1.82) is 0 Å².